The van der Waals surface area contributed by atoms with Gasteiger partial charge in [0.05, 0.1) is 11.7 Å². The Labute approximate surface area is 132 Å². The zero-order valence-electron chi connectivity index (χ0n) is 10.9. The van der Waals surface area contributed by atoms with Gasteiger partial charge < -0.3 is 5.11 Å². The maximum absolute atomic E-state index is 12.5. The van der Waals surface area contributed by atoms with Crippen molar-refractivity contribution in [3.63, 3.8) is 0 Å². The second-order valence-electron chi connectivity index (χ2n) is 4.35. The monoisotopic (exact) mass is 377 g/mol. The number of hydrogen-bond donors (Lipinski definition) is 1. The first-order valence-corrected chi connectivity index (χ1v) is 7.57. The lowest BCUT2D eigenvalue weighted by molar-refractivity contribution is -0.137. The molecule has 0 bridgehead atoms. The van der Waals surface area contributed by atoms with Crippen molar-refractivity contribution in [1.82, 2.24) is 4.98 Å². The number of benzene rings is 1. The third kappa shape index (κ3) is 4.21. The van der Waals surface area contributed by atoms with E-state index in [0.717, 1.165) is 27.2 Å². The van der Waals surface area contributed by atoms with Gasteiger partial charge in [0.25, 0.3) is 0 Å². The first-order valence-electron chi connectivity index (χ1n) is 5.96. The van der Waals surface area contributed by atoms with E-state index >= 15 is 0 Å². The van der Waals surface area contributed by atoms with E-state index in [2.05, 4.69) is 20.9 Å². The van der Waals surface area contributed by atoms with Crippen LogP contribution in [-0.2, 0) is 6.18 Å². The van der Waals surface area contributed by atoms with E-state index in [1.807, 2.05) is 0 Å². The summed E-state index contributed by atoms with van der Waals surface area (Å²) in [5.41, 5.74) is -0.0121. The van der Waals surface area contributed by atoms with Crippen LogP contribution in [-0.4, -0.2) is 10.1 Å². The van der Waals surface area contributed by atoms with Gasteiger partial charge in [-0.1, -0.05) is 17.8 Å². The Morgan fingerprint density at radius 2 is 1.95 bits per heavy atom. The fourth-order valence-electron chi connectivity index (χ4n) is 1.58. The third-order valence-corrected chi connectivity index (χ3v) is 4.66. The Hall–Kier alpha value is -1.05. The highest BCUT2D eigenvalue weighted by Crippen LogP contribution is 2.35. The molecule has 1 atom stereocenters. The number of alkyl halides is 3. The molecular formula is C14H11BrF3NOS. The van der Waals surface area contributed by atoms with E-state index < -0.39 is 17.8 Å². The van der Waals surface area contributed by atoms with E-state index in [4.69, 9.17) is 0 Å². The summed E-state index contributed by atoms with van der Waals surface area (Å²) in [6.45, 7) is 1.66. The zero-order chi connectivity index (χ0) is 15.6. The number of aliphatic hydroxyl groups excluding tert-OH is 1. The van der Waals surface area contributed by atoms with E-state index in [0.29, 0.717) is 5.03 Å². The quantitative estimate of drug-likeness (QED) is 0.810. The van der Waals surface area contributed by atoms with E-state index in [1.54, 1.807) is 25.1 Å². The van der Waals surface area contributed by atoms with Gasteiger partial charge in [0.1, 0.15) is 5.03 Å². The molecule has 1 aromatic carbocycles. The van der Waals surface area contributed by atoms with Gasteiger partial charge in [-0.05, 0) is 52.7 Å². The molecule has 2 rings (SSSR count). The summed E-state index contributed by atoms with van der Waals surface area (Å²) in [5, 5.41) is 9.96. The molecule has 0 saturated carbocycles. The summed E-state index contributed by atoms with van der Waals surface area (Å²) < 4.78 is 38.1. The van der Waals surface area contributed by atoms with Crippen molar-refractivity contribution in [2.45, 2.75) is 29.1 Å². The average Bonchev–Trinajstić information content (AvgIpc) is 2.40. The molecule has 0 saturated heterocycles. The van der Waals surface area contributed by atoms with Crippen LogP contribution in [0.2, 0.25) is 0 Å². The molecule has 2 aromatic rings. The molecule has 21 heavy (non-hydrogen) atoms. The van der Waals surface area contributed by atoms with Crippen molar-refractivity contribution in [1.29, 1.82) is 0 Å². The normalized spacial score (nSPS) is 13.2. The molecule has 0 spiro atoms. The molecule has 0 aliphatic carbocycles. The lowest BCUT2D eigenvalue weighted by Gasteiger charge is -2.09. The number of pyridine rings is 1. The van der Waals surface area contributed by atoms with Crippen molar-refractivity contribution in [2.75, 3.05) is 0 Å². The highest BCUT2D eigenvalue weighted by molar-refractivity contribution is 9.10. The van der Waals surface area contributed by atoms with Gasteiger partial charge in [0.15, 0.2) is 0 Å². The summed E-state index contributed by atoms with van der Waals surface area (Å²) >= 11 is 4.63. The van der Waals surface area contributed by atoms with Crippen LogP contribution < -0.4 is 0 Å². The summed E-state index contributed by atoms with van der Waals surface area (Å²) in [7, 11) is 0. The van der Waals surface area contributed by atoms with Crippen molar-refractivity contribution in [2.24, 2.45) is 0 Å². The Kier molecular flexibility index (Phi) is 4.95. The zero-order valence-corrected chi connectivity index (χ0v) is 13.3. The van der Waals surface area contributed by atoms with Crippen molar-refractivity contribution >= 4 is 27.7 Å². The van der Waals surface area contributed by atoms with E-state index in [1.165, 1.54) is 17.8 Å². The molecule has 112 valence electrons. The minimum Gasteiger partial charge on any atom is -0.389 e. The number of rotatable bonds is 3. The molecule has 0 aliphatic heterocycles. The first-order chi connectivity index (χ1) is 9.77. The topological polar surface area (TPSA) is 33.1 Å². The van der Waals surface area contributed by atoms with E-state index in [-0.39, 0.29) is 0 Å². The van der Waals surface area contributed by atoms with E-state index in [9.17, 15) is 18.3 Å². The molecule has 0 fully saturated rings. The fourth-order valence-corrected chi connectivity index (χ4v) is 2.98. The number of nitrogens with zero attached hydrogens (tertiary/aromatic N) is 1. The predicted octanol–water partition coefficient (Wildman–Crippen LogP) is 5.07. The number of aliphatic hydroxyl groups is 1. The molecule has 1 N–H and O–H groups in total. The number of halogens is 4. The molecule has 2 nitrogen and oxygen atoms in total. The van der Waals surface area contributed by atoms with Crippen LogP contribution in [0.4, 0.5) is 13.2 Å². The Bertz CT molecular complexity index is 629. The van der Waals surface area contributed by atoms with Gasteiger partial charge in [-0.3, -0.25) is 0 Å². The van der Waals surface area contributed by atoms with Gasteiger partial charge in [0, 0.05) is 15.6 Å². The van der Waals surface area contributed by atoms with Crippen LogP contribution in [0.5, 0.6) is 0 Å². The van der Waals surface area contributed by atoms with Crippen molar-refractivity contribution < 1.29 is 18.3 Å². The van der Waals surface area contributed by atoms with Crippen LogP contribution in [0, 0.1) is 0 Å². The Morgan fingerprint density at radius 3 is 2.43 bits per heavy atom. The van der Waals surface area contributed by atoms with Crippen LogP contribution in [0.25, 0.3) is 0 Å². The molecule has 0 unspecified atom stereocenters. The standard InChI is InChI=1S/C14H11BrF3NOS/c1-8(20)9-2-4-12(11(15)6-9)21-13-5-3-10(7-19-13)14(16,17)18/h2-8,20H,1H3/t8-/m0/s1. The maximum Gasteiger partial charge on any atom is 0.417 e. The second-order valence-corrected chi connectivity index (χ2v) is 6.27. The molecule has 0 radical (unpaired) electrons. The predicted molar refractivity (Wildman–Crippen MR) is 78.1 cm³/mol. The van der Waals surface area contributed by atoms with Gasteiger partial charge in [0.2, 0.25) is 0 Å². The molecule has 0 amide bonds. The first kappa shape index (κ1) is 16.3. The van der Waals surface area contributed by atoms with Crippen molar-refractivity contribution in [3.05, 3.63) is 52.1 Å². The van der Waals surface area contributed by atoms with Gasteiger partial charge >= 0.3 is 6.18 Å². The highest BCUT2D eigenvalue weighted by Gasteiger charge is 2.30. The summed E-state index contributed by atoms with van der Waals surface area (Å²) in [5.74, 6) is 0. The number of hydrogen-bond acceptors (Lipinski definition) is 3. The lowest BCUT2D eigenvalue weighted by Crippen LogP contribution is -2.05. The van der Waals surface area contributed by atoms with Gasteiger partial charge in [-0.2, -0.15) is 13.2 Å². The largest absolute Gasteiger partial charge is 0.417 e. The second kappa shape index (κ2) is 6.37. The average molecular weight is 378 g/mol. The minimum atomic E-state index is -4.38. The molecule has 0 aliphatic rings. The van der Waals surface area contributed by atoms with Crippen molar-refractivity contribution in [3.8, 4) is 0 Å². The summed E-state index contributed by atoms with van der Waals surface area (Å²) in [6.07, 6.45) is -4.14. The number of aromatic nitrogens is 1. The maximum atomic E-state index is 12.5. The fraction of sp³-hybridized carbons (Fsp3) is 0.214. The summed E-state index contributed by atoms with van der Waals surface area (Å²) in [6, 6.07) is 7.67. The molecule has 7 heteroatoms. The molecular weight excluding hydrogens is 367 g/mol. The third-order valence-electron chi connectivity index (χ3n) is 2.72. The Morgan fingerprint density at radius 1 is 1.24 bits per heavy atom. The molecule has 1 aromatic heterocycles. The highest BCUT2D eigenvalue weighted by atomic mass is 79.9. The van der Waals surface area contributed by atoms with Crippen LogP contribution >= 0.6 is 27.7 Å². The smallest absolute Gasteiger partial charge is 0.389 e. The lowest BCUT2D eigenvalue weighted by atomic mass is 10.1. The van der Waals surface area contributed by atoms with Crippen LogP contribution in [0.1, 0.15) is 24.2 Å². The molecule has 1 heterocycles. The summed E-state index contributed by atoms with van der Waals surface area (Å²) in [4.78, 5) is 4.62. The van der Waals surface area contributed by atoms with Crippen LogP contribution in [0.3, 0.4) is 0 Å². The van der Waals surface area contributed by atoms with Gasteiger partial charge in [-0.15, -0.1) is 0 Å². The SMILES string of the molecule is C[C@H](O)c1ccc(Sc2ccc(C(F)(F)F)cn2)c(Br)c1. The van der Waals surface area contributed by atoms with Gasteiger partial charge in [-0.25, -0.2) is 4.98 Å². The van der Waals surface area contributed by atoms with Crippen LogP contribution in [0.15, 0.2) is 50.9 Å². The Balaban J connectivity index is 2.19. The minimum absolute atomic E-state index is 0.466.